The fourth-order valence-corrected chi connectivity index (χ4v) is 5.90. The largest absolute Gasteiger partial charge is 0.504 e. The molecule has 0 fully saturated rings. The Balaban J connectivity index is 1.75. The van der Waals surface area contributed by atoms with Crippen molar-refractivity contribution in [2.75, 3.05) is 17.2 Å². The Hall–Kier alpha value is -2.58. The minimum absolute atomic E-state index is 0.00719. The molecular weight excluding hydrogens is 508 g/mol. The minimum Gasteiger partial charge on any atom is -0.504 e. The number of phenolic OH excluding ortho intramolecular Hbond substituents is 2. The average molecular weight is 537 g/mol. The highest BCUT2D eigenvalue weighted by Gasteiger charge is 2.37. The minimum atomic E-state index is -4.33. The zero-order valence-electron chi connectivity index (χ0n) is 19.8. The summed E-state index contributed by atoms with van der Waals surface area (Å²) in [5, 5.41) is 21.4. The highest BCUT2D eigenvalue weighted by Crippen LogP contribution is 2.56. The third-order valence-electron chi connectivity index (χ3n) is 6.63. The lowest BCUT2D eigenvalue weighted by atomic mass is 9.78. The van der Waals surface area contributed by atoms with Crippen molar-refractivity contribution in [1.82, 2.24) is 0 Å². The summed E-state index contributed by atoms with van der Waals surface area (Å²) in [4.78, 5) is 39.5. The van der Waals surface area contributed by atoms with Gasteiger partial charge in [-0.2, -0.15) is 0 Å². The summed E-state index contributed by atoms with van der Waals surface area (Å²) < 4.78 is 29.0. The molecule has 1 heterocycles. The molecule has 194 valence electrons. The predicted octanol–water partition coefficient (Wildman–Crippen LogP) is 4.58. The van der Waals surface area contributed by atoms with Crippen molar-refractivity contribution >= 4 is 26.6 Å². The Kier molecular flexibility index (Phi) is 6.90. The smallest absolute Gasteiger partial charge is 0.325 e. The van der Waals surface area contributed by atoms with E-state index < -0.39 is 39.0 Å². The van der Waals surface area contributed by atoms with E-state index in [9.17, 15) is 38.9 Å². The van der Waals surface area contributed by atoms with Crippen molar-refractivity contribution in [1.29, 1.82) is 0 Å². The van der Waals surface area contributed by atoms with Gasteiger partial charge in [-0.25, -0.2) is 0 Å². The topological polar surface area (TPSA) is 168 Å². The van der Waals surface area contributed by atoms with Crippen LogP contribution >= 0.6 is 15.2 Å². The van der Waals surface area contributed by atoms with Gasteiger partial charge < -0.3 is 39.4 Å². The lowest BCUT2D eigenvalue weighted by Crippen LogP contribution is -2.34. The van der Waals surface area contributed by atoms with E-state index in [1.54, 1.807) is 62.4 Å². The summed E-state index contributed by atoms with van der Waals surface area (Å²) in [7, 11) is -8.67. The van der Waals surface area contributed by atoms with E-state index in [4.69, 9.17) is 4.74 Å². The molecular formula is C24H29NO9P2. The van der Waals surface area contributed by atoms with Gasteiger partial charge in [-0.15, -0.1) is 0 Å². The molecule has 0 amide bonds. The number of aromatic hydroxyl groups is 2. The second-order valence-electron chi connectivity index (χ2n) is 9.35. The van der Waals surface area contributed by atoms with Crippen LogP contribution in [0.15, 0.2) is 48.6 Å². The average Bonchev–Trinajstić information content (AvgIpc) is 2.80. The quantitative estimate of drug-likeness (QED) is 0.217. The van der Waals surface area contributed by atoms with Crippen LogP contribution in [-0.2, 0) is 9.13 Å². The van der Waals surface area contributed by atoms with Crippen LogP contribution < -0.4 is 9.64 Å². The van der Waals surface area contributed by atoms with E-state index in [1.807, 2.05) is 4.90 Å². The third kappa shape index (κ3) is 5.39. The molecule has 2 aromatic rings. The lowest BCUT2D eigenvalue weighted by molar-refractivity contribution is 0.347. The van der Waals surface area contributed by atoms with Crippen molar-refractivity contribution in [3.63, 3.8) is 0 Å². The molecule has 2 aromatic carbocycles. The maximum Gasteiger partial charge on any atom is 0.325 e. The number of hydrogen-bond donors (Lipinski definition) is 6. The molecule has 0 atom stereocenters. The van der Waals surface area contributed by atoms with Gasteiger partial charge in [0.05, 0.1) is 29.7 Å². The number of rotatable bonds is 7. The maximum absolute atomic E-state index is 11.5. The van der Waals surface area contributed by atoms with Crippen molar-refractivity contribution in [2.24, 2.45) is 5.41 Å². The van der Waals surface area contributed by atoms with Gasteiger partial charge in [0, 0.05) is 5.41 Å². The Morgan fingerprint density at radius 3 is 1.61 bits per heavy atom. The SMILES string of the molecule is Cc1ccc2c(c1O)Oc1c(ccc(C)c1O)N2C1C=CC(CCP(=O)(O)O)(CCP(=O)(O)O)C=C1. The Morgan fingerprint density at radius 2 is 1.22 bits per heavy atom. The maximum atomic E-state index is 11.5. The molecule has 1 aliphatic heterocycles. The van der Waals surface area contributed by atoms with Crippen LogP contribution in [0.3, 0.4) is 0 Å². The number of nitrogens with zero attached hydrogens (tertiary/aromatic N) is 1. The van der Waals surface area contributed by atoms with Crippen LogP contribution in [0.5, 0.6) is 23.0 Å². The number of fused-ring (bicyclic) bond motifs is 2. The van der Waals surface area contributed by atoms with E-state index in [2.05, 4.69) is 0 Å². The first-order valence-corrected chi connectivity index (χ1v) is 14.9. The van der Waals surface area contributed by atoms with Gasteiger partial charge in [-0.3, -0.25) is 9.13 Å². The number of allylic oxidation sites excluding steroid dienone is 2. The Labute approximate surface area is 208 Å². The van der Waals surface area contributed by atoms with E-state index in [0.29, 0.717) is 22.5 Å². The lowest BCUT2D eigenvalue weighted by Gasteiger charge is -2.40. The van der Waals surface area contributed by atoms with Gasteiger partial charge in [-0.05, 0) is 49.9 Å². The highest BCUT2D eigenvalue weighted by molar-refractivity contribution is 7.52. The van der Waals surface area contributed by atoms with Gasteiger partial charge in [0.2, 0.25) is 0 Å². The predicted molar refractivity (Wildman–Crippen MR) is 135 cm³/mol. The number of benzene rings is 2. The molecule has 0 unspecified atom stereocenters. The monoisotopic (exact) mass is 537 g/mol. The number of aryl methyl sites for hydroxylation is 2. The van der Waals surface area contributed by atoms with Crippen molar-refractivity contribution in [3.05, 3.63) is 59.7 Å². The summed E-state index contributed by atoms with van der Waals surface area (Å²) in [6.07, 6.45) is 6.16. The van der Waals surface area contributed by atoms with E-state index in [0.717, 1.165) is 0 Å². The molecule has 6 N–H and O–H groups in total. The molecule has 0 radical (unpaired) electrons. The molecule has 2 aliphatic rings. The summed E-state index contributed by atoms with van der Waals surface area (Å²) in [6, 6.07) is 6.60. The van der Waals surface area contributed by atoms with Gasteiger partial charge >= 0.3 is 15.2 Å². The molecule has 0 spiro atoms. The fraction of sp³-hybridized carbons (Fsp3) is 0.333. The van der Waals surface area contributed by atoms with Gasteiger partial charge in [-0.1, -0.05) is 36.4 Å². The first kappa shape index (κ1) is 26.5. The molecule has 0 bridgehead atoms. The van der Waals surface area contributed by atoms with E-state index in [-0.39, 0.29) is 35.8 Å². The van der Waals surface area contributed by atoms with Gasteiger partial charge in [0.1, 0.15) is 0 Å². The summed E-state index contributed by atoms with van der Waals surface area (Å²) in [5.41, 5.74) is 1.32. The van der Waals surface area contributed by atoms with E-state index >= 15 is 0 Å². The Morgan fingerprint density at radius 1 is 0.806 bits per heavy atom. The second-order valence-corrected chi connectivity index (χ2v) is 12.9. The highest BCUT2D eigenvalue weighted by atomic mass is 31.2. The van der Waals surface area contributed by atoms with Crippen molar-refractivity contribution in [3.8, 4) is 23.0 Å². The van der Waals surface area contributed by atoms with Crippen molar-refractivity contribution < 1.29 is 43.7 Å². The van der Waals surface area contributed by atoms with Crippen LogP contribution in [0, 0.1) is 19.3 Å². The number of ether oxygens (including phenoxy) is 1. The van der Waals surface area contributed by atoms with Crippen LogP contribution in [0.2, 0.25) is 0 Å². The molecule has 0 saturated heterocycles. The number of hydrogen-bond acceptors (Lipinski definition) is 6. The second kappa shape index (κ2) is 9.38. The molecule has 0 aromatic heterocycles. The van der Waals surface area contributed by atoms with E-state index in [1.165, 1.54) is 0 Å². The van der Waals surface area contributed by atoms with Crippen LogP contribution in [0.1, 0.15) is 24.0 Å². The van der Waals surface area contributed by atoms with Gasteiger partial charge in [0.25, 0.3) is 0 Å². The molecule has 1 aliphatic carbocycles. The van der Waals surface area contributed by atoms with Crippen LogP contribution in [-0.4, -0.2) is 48.2 Å². The van der Waals surface area contributed by atoms with Crippen molar-refractivity contribution in [2.45, 2.75) is 32.7 Å². The zero-order valence-corrected chi connectivity index (χ0v) is 21.6. The van der Waals surface area contributed by atoms with Crippen LogP contribution in [0.25, 0.3) is 0 Å². The molecule has 12 heteroatoms. The number of phenols is 2. The Bertz CT molecular complexity index is 1240. The summed E-state index contributed by atoms with van der Waals surface area (Å²) in [6.45, 7) is 3.46. The summed E-state index contributed by atoms with van der Waals surface area (Å²) >= 11 is 0. The molecule has 36 heavy (non-hydrogen) atoms. The van der Waals surface area contributed by atoms with Crippen LogP contribution in [0.4, 0.5) is 11.4 Å². The molecule has 10 nitrogen and oxygen atoms in total. The first-order chi connectivity index (χ1) is 16.7. The standard InChI is InChI=1S/C24H29NO9P2/c1-15-3-5-18-22(20(15)26)34-23-19(6-4-16(2)21(23)27)25(18)17-7-9-24(10-8-17,11-13-35(28,29)30)12-14-36(31,32)33/h3-10,17,26-27H,11-14H2,1-2H3,(H2,28,29,30)(H2,31,32,33). The van der Waals surface area contributed by atoms with Gasteiger partial charge in [0.15, 0.2) is 23.0 Å². The molecule has 4 rings (SSSR count). The summed E-state index contributed by atoms with van der Waals surface area (Å²) in [5.74, 6) is 0.242. The zero-order chi connectivity index (χ0) is 26.5. The number of anilines is 2. The fourth-order valence-electron chi connectivity index (χ4n) is 4.49. The normalized spacial score (nSPS) is 17.0. The third-order valence-corrected chi connectivity index (χ3v) is 8.25. The molecule has 0 saturated carbocycles. The first-order valence-electron chi connectivity index (χ1n) is 11.3.